The second kappa shape index (κ2) is 9.67. The van der Waals surface area contributed by atoms with E-state index in [0.29, 0.717) is 6.54 Å². The summed E-state index contributed by atoms with van der Waals surface area (Å²) in [4.78, 5) is 26.2. The fraction of sp³-hybridized carbons (Fsp3) is 0.217. The molecule has 0 aromatic heterocycles. The van der Waals surface area contributed by atoms with Crippen LogP contribution in [0.15, 0.2) is 65.1 Å². The first-order chi connectivity index (χ1) is 13.9. The van der Waals surface area contributed by atoms with Crippen LogP contribution in [-0.4, -0.2) is 36.9 Å². The predicted octanol–water partition coefficient (Wildman–Crippen LogP) is 4.10. The lowest BCUT2D eigenvalue weighted by atomic mass is 10.1. The highest BCUT2D eigenvalue weighted by Gasteiger charge is 2.10. The van der Waals surface area contributed by atoms with Gasteiger partial charge in [-0.2, -0.15) is 0 Å². The van der Waals surface area contributed by atoms with E-state index in [0.717, 1.165) is 21.3 Å². The zero-order valence-electron chi connectivity index (χ0n) is 16.5. The van der Waals surface area contributed by atoms with Crippen molar-refractivity contribution in [3.63, 3.8) is 0 Å². The largest absolute Gasteiger partial charge is 0.346 e. The number of anilines is 1. The molecule has 0 saturated carbocycles. The number of fused-ring (bicyclic) bond motifs is 1. The molecule has 0 spiro atoms. The molecule has 2 N–H and O–H groups in total. The lowest BCUT2D eigenvalue weighted by Gasteiger charge is -2.17. The van der Waals surface area contributed by atoms with Gasteiger partial charge in [-0.15, -0.1) is 0 Å². The van der Waals surface area contributed by atoms with Crippen molar-refractivity contribution in [2.45, 2.75) is 13.5 Å². The number of carbonyl (C=O) groups excluding carboxylic acids is 2. The van der Waals surface area contributed by atoms with Crippen molar-refractivity contribution >= 4 is 44.2 Å². The van der Waals surface area contributed by atoms with Gasteiger partial charge in [0, 0.05) is 16.7 Å². The number of nitrogens with zero attached hydrogens (tertiary/aromatic N) is 1. The summed E-state index contributed by atoms with van der Waals surface area (Å²) < 4.78 is 0.954. The van der Waals surface area contributed by atoms with Gasteiger partial charge in [0.1, 0.15) is 0 Å². The molecule has 6 heteroatoms. The van der Waals surface area contributed by atoms with Gasteiger partial charge in [-0.05, 0) is 60.1 Å². The number of rotatable bonds is 7. The molecule has 3 aromatic rings. The molecule has 0 heterocycles. The average molecular weight is 454 g/mol. The molecule has 2 amide bonds. The summed E-state index contributed by atoms with van der Waals surface area (Å²) in [6, 6.07) is 20.1. The van der Waals surface area contributed by atoms with Crippen LogP contribution in [-0.2, 0) is 16.1 Å². The lowest BCUT2D eigenvalue weighted by Crippen LogP contribution is -2.39. The Morgan fingerprint density at radius 1 is 0.966 bits per heavy atom. The molecule has 3 aromatic carbocycles. The molecule has 5 nitrogen and oxygen atoms in total. The van der Waals surface area contributed by atoms with E-state index < -0.39 is 0 Å². The number of amides is 2. The SMILES string of the molecule is Cc1cc(Br)ccc1NC(=O)CNC(=O)CN(C)Cc1ccc2ccccc2c1. The van der Waals surface area contributed by atoms with E-state index in [-0.39, 0.29) is 24.9 Å². The molecule has 0 fully saturated rings. The third kappa shape index (κ3) is 6.14. The van der Waals surface area contributed by atoms with E-state index in [1.54, 1.807) is 0 Å². The number of carbonyl (C=O) groups is 2. The summed E-state index contributed by atoms with van der Waals surface area (Å²) in [5.41, 5.74) is 2.83. The Morgan fingerprint density at radius 2 is 1.72 bits per heavy atom. The summed E-state index contributed by atoms with van der Waals surface area (Å²) in [5, 5.41) is 7.87. The Labute approximate surface area is 179 Å². The van der Waals surface area contributed by atoms with Crippen LogP contribution in [0.5, 0.6) is 0 Å². The number of hydrogen-bond donors (Lipinski definition) is 2. The topological polar surface area (TPSA) is 61.4 Å². The van der Waals surface area contributed by atoms with Gasteiger partial charge in [0.2, 0.25) is 11.8 Å². The van der Waals surface area contributed by atoms with Crippen LogP contribution in [0, 0.1) is 6.92 Å². The second-order valence-corrected chi connectivity index (χ2v) is 8.05. The number of hydrogen-bond acceptors (Lipinski definition) is 3. The summed E-state index contributed by atoms with van der Waals surface area (Å²) >= 11 is 3.40. The molecule has 0 saturated heterocycles. The van der Waals surface area contributed by atoms with Gasteiger partial charge >= 0.3 is 0 Å². The molecule has 0 aliphatic heterocycles. The maximum Gasteiger partial charge on any atom is 0.243 e. The summed E-state index contributed by atoms with van der Waals surface area (Å²) in [5.74, 6) is -0.433. The van der Waals surface area contributed by atoms with Crippen LogP contribution >= 0.6 is 15.9 Å². The molecule has 3 rings (SSSR count). The van der Waals surface area contributed by atoms with Crippen LogP contribution < -0.4 is 10.6 Å². The average Bonchev–Trinajstić information content (AvgIpc) is 2.68. The van der Waals surface area contributed by atoms with E-state index >= 15 is 0 Å². The Hall–Kier alpha value is -2.70. The van der Waals surface area contributed by atoms with Crippen LogP contribution in [0.1, 0.15) is 11.1 Å². The number of aryl methyl sites for hydroxylation is 1. The van der Waals surface area contributed by atoms with E-state index in [1.807, 2.05) is 49.2 Å². The molecule has 0 unspecified atom stereocenters. The second-order valence-electron chi connectivity index (χ2n) is 7.14. The van der Waals surface area contributed by atoms with Gasteiger partial charge < -0.3 is 10.6 Å². The van der Waals surface area contributed by atoms with Crippen molar-refractivity contribution in [3.8, 4) is 0 Å². The molecule has 0 aliphatic rings. The monoisotopic (exact) mass is 453 g/mol. The fourth-order valence-corrected chi connectivity index (χ4v) is 3.62. The minimum atomic E-state index is -0.249. The molecule has 29 heavy (non-hydrogen) atoms. The van der Waals surface area contributed by atoms with E-state index in [1.165, 1.54) is 10.8 Å². The Bertz CT molecular complexity index is 1040. The number of benzene rings is 3. The Balaban J connectivity index is 1.46. The minimum Gasteiger partial charge on any atom is -0.346 e. The first kappa shape index (κ1) is 21.0. The summed E-state index contributed by atoms with van der Waals surface area (Å²) in [6.45, 7) is 2.73. The normalized spacial score (nSPS) is 10.9. The van der Waals surface area contributed by atoms with Gasteiger partial charge in [0.25, 0.3) is 0 Å². The maximum atomic E-state index is 12.2. The van der Waals surface area contributed by atoms with Crippen LogP contribution in [0.4, 0.5) is 5.69 Å². The van der Waals surface area contributed by atoms with E-state index in [2.05, 4.69) is 56.9 Å². The predicted molar refractivity (Wildman–Crippen MR) is 121 cm³/mol. The van der Waals surface area contributed by atoms with Crippen molar-refractivity contribution in [2.24, 2.45) is 0 Å². The molecule has 0 radical (unpaired) electrons. The van der Waals surface area contributed by atoms with Crippen molar-refractivity contribution in [2.75, 3.05) is 25.5 Å². The standard InChI is InChI=1S/C23H24BrN3O2/c1-16-11-20(24)9-10-21(16)26-22(28)13-25-23(29)15-27(2)14-17-7-8-18-5-3-4-6-19(18)12-17/h3-12H,13-15H2,1-2H3,(H,25,29)(H,26,28). The first-order valence-corrected chi connectivity index (χ1v) is 10.2. The summed E-state index contributed by atoms with van der Waals surface area (Å²) in [6.07, 6.45) is 0. The third-order valence-corrected chi connectivity index (χ3v) is 5.08. The highest BCUT2D eigenvalue weighted by molar-refractivity contribution is 9.10. The zero-order chi connectivity index (χ0) is 20.8. The summed E-state index contributed by atoms with van der Waals surface area (Å²) in [7, 11) is 1.89. The van der Waals surface area contributed by atoms with Crippen molar-refractivity contribution in [3.05, 3.63) is 76.3 Å². The third-order valence-electron chi connectivity index (χ3n) is 4.59. The highest BCUT2D eigenvalue weighted by Crippen LogP contribution is 2.20. The molecular weight excluding hydrogens is 430 g/mol. The van der Waals surface area contributed by atoms with Crippen molar-refractivity contribution in [1.82, 2.24) is 10.2 Å². The quantitative estimate of drug-likeness (QED) is 0.565. The molecule has 0 aliphatic carbocycles. The molecular formula is C23H24BrN3O2. The highest BCUT2D eigenvalue weighted by atomic mass is 79.9. The van der Waals surface area contributed by atoms with Crippen LogP contribution in [0.3, 0.4) is 0 Å². The number of nitrogens with one attached hydrogen (secondary N) is 2. The van der Waals surface area contributed by atoms with E-state index in [4.69, 9.17) is 0 Å². The van der Waals surface area contributed by atoms with Gasteiger partial charge in [0.15, 0.2) is 0 Å². The lowest BCUT2D eigenvalue weighted by molar-refractivity contribution is -0.124. The van der Waals surface area contributed by atoms with Crippen LogP contribution in [0.2, 0.25) is 0 Å². The van der Waals surface area contributed by atoms with E-state index in [9.17, 15) is 9.59 Å². The smallest absolute Gasteiger partial charge is 0.243 e. The van der Waals surface area contributed by atoms with Gasteiger partial charge in [-0.1, -0.05) is 52.3 Å². The number of likely N-dealkylation sites (N-methyl/N-ethyl adjacent to an activating group) is 1. The molecule has 0 atom stereocenters. The van der Waals surface area contributed by atoms with Crippen molar-refractivity contribution < 1.29 is 9.59 Å². The maximum absolute atomic E-state index is 12.2. The zero-order valence-corrected chi connectivity index (χ0v) is 18.1. The Kier molecular flexibility index (Phi) is 7.01. The number of halogens is 1. The molecule has 0 bridgehead atoms. The first-order valence-electron chi connectivity index (χ1n) is 9.39. The van der Waals surface area contributed by atoms with Gasteiger partial charge in [-0.3, -0.25) is 14.5 Å². The van der Waals surface area contributed by atoms with Gasteiger partial charge in [-0.25, -0.2) is 0 Å². The minimum absolute atomic E-state index is 0.0574. The van der Waals surface area contributed by atoms with Crippen LogP contribution in [0.25, 0.3) is 10.8 Å². The van der Waals surface area contributed by atoms with Gasteiger partial charge in [0.05, 0.1) is 13.1 Å². The Morgan fingerprint density at radius 3 is 2.48 bits per heavy atom. The fourth-order valence-electron chi connectivity index (χ4n) is 3.15. The molecule has 150 valence electrons. The van der Waals surface area contributed by atoms with Crippen molar-refractivity contribution in [1.29, 1.82) is 0 Å².